The highest BCUT2D eigenvalue weighted by Gasteiger charge is 2.37. The van der Waals surface area contributed by atoms with E-state index < -0.39 is 11.6 Å². The monoisotopic (exact) mass is 843 g/mol. The van der Waals surface area contributed by atoms with Gasteiger partial charge in [0.2, 0.25) is 17.8 Å². The predicted molar refractivity (Wildman–Crippen MR) is 238 cm³/mol. The minimum Gasteiger partial charge on any atom is -0.384 e. The fraction of sp³-hybridized carbons (Fsp3) is 0.435. The molecular formula is C46H54FN11O4. The van der Waals surface area contributed by atoms with Gasteiger partial charge in [-0.1, -0.05) is 19.1 Å². The van der Waals surface area contributed by atoms with Gasteiger partial charge in [0.25, 0.3) is 5.56 Å². The Labute approximate surface area is 359 Å². The molecule has 1 unspecified atom stereocenters. The van der Waals surface area contributed by atoms with E-state index in [1.54, 1.807) is 33.8 Å². The normalized spacial score (nSPS) is 21.0. The highest BCUT2D eigenvalue weighted by atomic mass is 19.1. The lowest BCUT2D eigenvalue weighted by Gasteiger charge is -2.40. The van der Waals surface area contributed by atoms with Crippen LogP contribution in [0.5, 0.6) is 0 Å². The molecular weight excluding hydrogens is 790 g/mol. The summed E-state index contributed by atoms with van der Waals surface area (Å²) in [5.74, 6) is 0.460. The molecule has 3 saturated heterocycles. The third kappa shape index (κ3) is 8.04. The van der Waals surface area contributed by atoms with Gasteiger partial charge in [0, 0.05) is 75.5 Å². The minimum atomic E-state index is -1.00. The molecule has 324 valence electrons. The molecule has 6 heterocycles. The standard InChI is InChI=1S/C46H54FN11O4/c1-4-18-57-44(61)34-27-48-45(53-42(34)58(57)39-12-6-31-14-17-46(62,5-2)41(31)51-39)50-32-7-10-37(29(3)25-32)55-19-15-30(16-20-55)28-54-21-23-56(24-22-54)38-11-8-33(26-35(38)47)49-36-9-13-40(59)52-43(36)60/h4,6-8,10-12,25-27,30,36,49,62H,1,5,9,13-24,28H2,2-3H3,(H,48,50,53)(H,52,59,60)/t36?,46-/m1/s1. The number of halogens is 1. The lowest BCUT2D eigenvalue weighted by Crippen LogP contribution is -2.49. The lowest BCUT2D eigenvalue weighted by atomic mass is 9.95. The Morgan fingerprint density at radius 1 is 0.935 bits per heavy atom. The fourth-order valence-corrected chi connectivity index (χ4v) is 9.61. The van der Waals surface area contributed by atoms with Gasteiger partial charge < -0.3 is 25.5 Å². The van der Waals surface area contributed by atoms with Gasteiger partial charge in [-0.2, -0.15) is 4.98 Å². The van der Waals surface area contributed by atoms with Gasteiger partial charge in [-0.3, -0.25) is 24.6 Å². The van der Waals surface area contributed by atoms with Crippen molar-refractivity contribution in [2.75, 3.05) is 66.2 Å². The Morgan fingerprint density at radius 2 is 1.69 bits per heavy atom. The molecule has 9 rings (SSSR count). The summed E-state index contributed by atoms with van der Waals surface area (Å²) in [6, 6.07) is 14.6. The smallest absolute Gasteiger partial charge is 0.278 e. The third-order valence-electron chi connectivity index (χ3n) is 13.2. The number of aryl methyl sites for hydroxylation is 2. The number of allylic oxidation sites excluding steroid dienone is 1. The van der Waals surface area contributed by atoms with Gasteiger partial charge >= 0.3 is 0 Å². The van der Waals surface area contributed by atoms with Crippen molar-refractivity contribution >= 4 is 51.5 Å². The molecule has 2 aromatic carbocycles. The second-order valence-corrected chi connectivity index (χ2v) is 17.1. The van der Waals surface area contributed by atoms with Crippen LogP contribution in [-0.2, 0) is 28.2 Å². The summed E-state index contributed by atoms with van der Waals surface area (Å²) in [5.41, 5.74) is 5.11. The molecule has 0 spiro atoms. The van der Waals surface area contributed by atoms with Crippen molar-refractivity contribution in [3.63, 3.8) is 0 Å². The topological polar surface area (TPSA) is 166 Å². The highest BCUT2D eigenvalue weighted by Crippen LogP contribution is 2.39. The second kappa shape index (κ2) is 17.0. The number of nitrogens with one attached hydrogen (secondary N) is 3. The number of fused-ring (bicyclic) bond motifs is 2. The van der Waals surface area contributed by atoms with Gasteiger partial charge in [-0.25, -0.2) is 23.7 Å². The number of benzene rings is 2. The number of carbonyl (C=O) groups is 2. The molecule has 2 amide bonds. The first-order chi connectivity index (χ1) is 30.0. The number of amides is 2. The number of aromatic nitrogens is 5. The number of carbonyl (C=O) groups excluding carboxylic acids is 2. The van der Waals surface area contributed by atoms with E-state index in [0.29, 0.717) is 65.0 Å². The number of nitrogens with zero attached hydrogens (tertiary/aromatic N) is 8. The maximum absolute atomic E-state index is 15.3. The van der Waals surface area contributed by atoms with Crippen LogP contribution in [0.3, 0.4) is 0 Å². The van der Waals surface area contributed by atoms with Crippen molar-refractivity contribution in [3.8, 4) is 5.82 Å². The van der Waals surface area contributed by atoms with Gasteiger partial charge in [-0.05, 0) is 105 Å². The summed E-state index contributed by atoms with van der Waals surface area (Å²) >= 11 is 0. The second-order valence-electron chi connectivity index (χ2n) is 17.1. The van der Waals surface area contributed by atoms with Crippen molar-refractivity contribution in [3.05, 3.63) is 100 Å². The van der Waals surface area contributed by atoms with Crippen LogP contribution in [0, 0.1) is 18.7 Å². The molecule has 16 heteroatoms. The minimum absolute atomic E-state index is 0.245. The molecule has 0 saturated carbocycles. The zero-order valence-corrected chi connectivity index (χ0v) is 35.4. The molecule has 4 aliphatic rings. The Morgan fingerprint density at radius 3 is 2.42 bits per heavy atom. The van der Waals surface area contributed by atoms with Crippen LogP contribution in [-0.4, -0.2) is 98.0 Å². The molecule has 62 heavy (non-hydrogen) atoms. The SMILES string of the molecule is C=CCn1c(=O)c2cnc(Nc3ccc(N4CCC(CN5CCN(c6ccc(NC7CCC(=O)NC7=O)cc6F)CC5)CC4)c(C)c3)nc2n1-c1ccc2c(n1)[C@@](O)(CC)CC2. The molecule has 0 radical (unpaired) electrons. The van der Waals surface area contributed by atoms with Crippen LogP contribution in [0.25, 0.3) is 16.9 Å². The Bertz CT molecular complexity index is 2590. The first-order valence-electron chi connectivity index (χ1n) is 21.8. The number of rotatable bonds is 12. The van der Waals surface area contributed by atoms with Gasteiger partial charge in [-0.15, -0.1) is 6.58 Å². The van der Waals surface area contributed by atoms with Crippen LogP contribution in [0.4, 0.5) is 33.1 Å². The van der Waals surface area contributed by atoms with E-state index in [-0.39, 0.29) is 36.2 Å². The van der Waals surface area contributed by atoms with Crippen LogP contribution < -0.4 is 31.3 Å². The third-order valence-corrected chi connectivity index (χ3v) is 13.2. The Balaban J connectivity index is 0.800. The first kappa shape index (κ1) is 41.2. The number of hydrogen-bond donors (Lipinski definition) is 4. The number of anilines is 5. The number of pyridine rings is 1. The van der Waals surface area contributed by atoms with Gasteiger partial charge in [0.15, 0.2) is 11.5 Å². The number of imide groups is 1. The van der Waals surface area contributed by atoms with Crippen LogP contribution >= 0.6 is 0 Å². The van der Waals surface area contributed by atoms with Crippen LogP contribution in [0.15, 0.2) is 72.2 Å². The van der Waals surface area contributed by atoms with E-state index in [1.165, 1.54) is 11.8 Å². The number of hydrogen-bond acceptors (Lipinski definition) is 12. The maximum Gasteiger partial charge on any atom is 0.278 e. The molecule has 3 aliphatic heterocycles. The van der Waals surface area contributed by atoms with Gasteiger partial charge in [0.05, 0.1) is 17.9 Å². The van der Waals surface area contributed by atoms with Gasteiger partial charge in [0.1, 0.15) is 22.8 Å². The zero-order chi connectivity index (χ0) is 43.1. The average Bonchev–Trinajstić information content (AvgIpc) is 3.75. The van der Waals surface area contributed by atoms with E-state index >= 15 is 4.39 Å². The first-order valence-corrected chi connectivity index (χ1v) is 21.8. The molecule has 0 bridgehead atoms. The lowest BCUT2D eigenvalue weighted by molar-refractivity contribution is -0.133. The zero-order valence-electron chi connectivity index (χ0n) is 35.4. The van der Waals surface area contributed by atoms with E-state index in [2.05, 4.69) is 61.3 Å². The summed E-state index contributed by atoms with van der Waals surface area (Å²) in [5, 5.41) is 20.4. The molecule has 4 N–H and O–H groups in total. The summed E-state index contributed by atoms with van der Waals surface area (Å²) in [6.45, 7) is 14.4. The molecule has 15 nitrogen and oxygen atoms in total. The largest absolute Gasteiger partial charge is 0.384 e. The summed E-state index contributed by atoms with van der Waals surface area (Å²) in [7, 11) is 0. The predicted octanol–water partition coefficient (Wildman–Crippen LogP) is 5.15. The van der Waals surface area contributed by atoms with E-state index in [1.807, 2.05) is 25.1 Å². The summed E-state index contributed by atoms with van der Waals surface area (Å²) in [6.07, 6.45) is 7.97. The van der Waals surface area contributed by atoms with Crippen molar-refractivity contribution < 1.29 is 19.1 Å². The molecule has 3 aromatic heterocycles. The van der Waals surface area contributed by atoms with Crippen LogP contribution in [0.1, 0.15) is 62.3 Å². The highest BCUT2D eigenvalue weighted by molar-refractivity contribution is 6.01. The van der Waals surface area contributed by atoms with E-state index in [9.17, 15) is 19.5 Å². The Kier molecular flexibility index (Phi) is 11.3. The molecule has 3 fully saturated rings. The molecule has 2 atom stereocenters. The number of aliphatic hydroxyl groups is 1. The summed E-state index contributed by atoms with van der Waals surface area (Å²) < 4.78 is 18.5. The quantitative estimate of drug-likeness (QED) is 0.0966. The van der Waals surface area contributed by atoms with Crippen LogP contribution in [0.2, 0.25) is 0 Å². The fourth-order valence-electron chi connectivity index (χ4n) is 9.61. The van der Waals surface area contributed by atoms with Crippen molar-refractivity contribution in [1.29, 1.82) is 0 Å². The number of piperidine rings is 2. The van der Waals surface area contributed by atoms with Crippen molar-refractivity contribution in [2.45, 2.75) is 77.0 Å². The summed E-state index contributed by atoms with van der Waals surface area (Å²) in [4.78, 5) is 58.5. The van der Waals surface area contributed by atoms with Crippen molar-refractivity contribution in [2.24, 2.45) is 5.92 Å². The van der Waals surface area contributed by atoms with Crippen molar-refractivity contribution in [1.82, 2.24) is 34.5 Å². The van der Waals surface area contributed by atoms with E-state index in [4.69, 9.17) is 9.97 Å². The van der Waals surface area contributed by atoms with E-state index in [0.717, 1.165) is 81.9 Å². The number of piperazine rings is 1. The molecule has 1 aliphatic carbocycles. The Hall–Kier alpha value is -6.13. The molecule has 5 aromatic rings. The maximum atomic E-state index is 15.3. The average molecular weight is 844 g/mol.